The largest absolute Gasteiger partial charge is 0.486 e. The summed E-state index contributed by atoms with van der Waals surface area (Å²) >= 11 is 3.43. The molecule has 0 radical (unpaired) electrons. The smallest absolute Gasteiger partial charge is 0.251 e. The van der Waals surface area contributed by atoms with Crippen LogP contribution in [0.15, 0.2) is 33.3 Å². The van der Waals surface area contributed by atoms with Gasteiger partial charge < -0.3 is 20.3 Å². The number of aromatic nitrogens is 1. The molecule has 6 nitrogen and oxygen atoms in total. The van der Waals surface area contributed by atoms with E-state index in [0.717, 1.165) is 11.5 Å². The van der Waals surface area contributed by atoms with Crippen LogP contribution in [-0.4, -0.2) is 23.7 Å². The zero-order chi connectivity index (χ0) is 17.1. The molecule has 1 aliphatic rings. The maximum atomic E-state index is 12.2. The minimum atomic E-state index is -0.134. The van der Waals surface area contributed by atoms with Crippen molar-refractivity contribution in [2.24, 2.45) is 11.7 Å². The number of rotatable bonds is 7. The van der Waals surface area contributed by atoms with Crippen molar-refractivity contribution in [2.75, 3.05) is 6.54 Å². The molecule has 24 heavy (non-hydrogen) atoms. The average Bonchev–Trinajstić information content (AvgIpc) is 3.33. The molecule has 7 heteroatoms. The predicted octanol–water partition coefficient (Wildman–Crippen LogP) is 2.79. The van der Waals surface area contributed by atoms with Crippen molar-refractivity contribution in [3.05, 3.63) is 45.8 Å². The summed E-state index contributed by atoms with van der Waals surface area (Å²) in [4.78, 5) is 12.2. The van der Waals surface area contributed by atoms with Gasteiger partial charge in [0.2, 0.25) is 0 Å². The molecule has 3 rings (SSSR count). The number of hydrogen-bond donors (Lipinski definition) is 2. The minimum absolute atomic E-state index is 0.0471. The minimum Gasteiger partial charge on any atom is -0.486 e. The second kappa shape index (κ2) is 7.36. The molecule has 1 saturated carbocycles. The van der Waals surface area contributed by atoms with E-state index in [-0.39, 0.29) is 11.9 Å². The number of ether oxygens (including phenoxy) is 1. The molecular weight excluding hydrogens is 374 g/mol. The van der Waals surface area contributed by atoms with Crippen molar-refractivity contribution in [1.29, 1.82) is 0 Å². The number of aryl methyl sites for hydroxylation is 1. The quantitative estimate of drug-likeness (QED) is 0.754. The van der Waals surface area contributed by atoms with E-state index >= 15 is 0 Å². The molecular formula is C17H20BrN3O3. The lowest BCUT2D eigenvalue weighted by Gasteiger charge is -2.12. The predicted molar refractivity (Wildman–Crippen MR) is 92.7 cm³/mol. The van der Waals surface area contributed by atoms with E-state index in [1.807, 2.05) is 13.0 Å². The van der Waals surface area contributed by atoms with Gasteiger partial charge in [-0.25, -0.2) is 0 Å². The van der Waals surface area contributed by atoms with Crippen LogP contribution in [-0.2, 0) is 6.61 Å². The maximum Gasteiger partial charge on any atom is 0.251 e. The van der Waals surface area contributed by atoms with E-state index in [9.17, 15) is 4.79 Å². The molecule has 0 aliphatic heterocycles. The Hall–Kier alpha value is -1.86. The van der Waals surface area contributed by atoms with Gasteiger partial charge in [-0.1, -0.05) is 5.16 Å². The Morgan fingerprint density at radius 2 is 2.29 bits per heavy atom. The zero-order valence-corrected chi connectivity index (χ0v) is 15.0. The number of benzene rings is 1. The summed E-state index contributed by atoms with van der Waals surface area (Å²) in [6, 6.07) is 7.09. The van der Waals surface area contributed by atoms with Crippen molar-refractivity contribution in [2.45, 2.75) is 32.4 Å². The van der Waals surface area contributed by atoms with Gasteiger partial charge >= 0.3 is 0 Å². The molecule has 2 aromatic rings. The molecule has 0 saturated heterocycles. The third-order valence-corrected chi connectivity index (χ3v) is 4.59. The Morgan fingerprint density at radius 3 is 2.92 bits per heavy atom. The van der Waals surface area contributed by atoms with E-state index in [2.05, 4.69) is 26.4 Å². The highest BCUT2D eigenvalue weighted by molar-refractivity contribution is 9.10. The Morgan fingerprint density at radius 1 is 1.50 bits per heavy atom. The maximum absolute atomic E-state index is 12.2. The van der Waals surface area contributed by atoms with Crippen molar-refractivity contribution < 1.29 is 14.1 Å². The Kier molecular flexibility index (Phi) is 5.20. The van der Waals surface area contributed by atoms with Gasteiger partial charge in [0.05, 0.1) is 4.47 Å². The number of nitrogens with zero attached hydrogens (tertiary/aromatic N) is 1. The first-order valence-electron chi connectivity index (χ1n) is 7.91. The van der Waals surface area contributed by atoms with Gasteiger partial charge in [-0.05, 0) is 59.8 Å². The van der Waals surface area contributed by atoms with Gasteiger partial charge in [-0.2, -0.15) is 0 Å². The lowest BCUT2D eigenvalue weighted by molar-refractivity contribution is 0.0950. The monoisotopic (exact) mass is 393 g/mol. The average molecular weight is 394 g/mol. The molecule has 1 atom stereocenters. The van der Waals surface area contributed by atoms with Crippen LogP contribution in [0.25, 0.3) is 0 Å². The molecule has 1 fully saturated rings. The number of halogens is 1. The fraction of sp³-hybridized carbons (Fsp3) is 0.412. The lowest BCUT2D eigenvalue weighted by Crippen LogP contribution is -2.38. The molecule has 1 aromatic carbocycles. The number of hydrogen-bond acceptors (Lipinski definition) is 5. The second-order valence-corrected chi connectivity index (χ2v) is 6.93. The molecule has 1 unspecified atom stereocenters. The molecule has 0 spiro atoms. The third kappa shape index (κ3) is 4.36. The second-order valence-electron chi connectivity index (χ2n) is 6.07. The van der Waals surface area contributed by atoms with E-state index in [0.29, 0.717) is 34.9 Å². The molecule has 1 aliphatic carbocycles. The summed E-state index contributed by atoms with van der Waals surface area (Å²) in [6.07, 6.45) is 2.33. The van der Waals surface area contributed by atoms with Crippen molar-refractivity contribution >= 4 is 21.8 Å². The van der Waals surface area contributed by atoms with Crippen LogP contribution in [0.5, 0.6) is 5.75 Å². The summed E-state index contributed by atoms with van der Waals surface area (Å²) in [6.45, 7) is 2.64. The van der Waals surface area contributed by atoms with Gasteiger partial charge in [-0.3, -0.25) is 4.79 Å². The van der Waals surface area contributed by atoms with E-state index < -0.39 is 0 Å². The van der Waals surface area contributed by atoms with Crippen LogP contribution >= 0.6 is 15.9 Å². The summed E-state index contributed by atoms with van der Waals surface area (Å²) in [5.74, 6) is 1.81. The number of carbonyl (C=O) groups is 1. The Bertz CT molecular complexity index is 728. The third-order valence-electron chi connectivity index (χ3n) is 3.97. The highest BCUT2D eigenvalue weighted by Gasteiger charge is 2.28. The fourth-order valence-electron chi connectivity index (χ4n) is 2.40. The van der Waals surface area contributed by atoms with Crippen molar-refractivity contribution in [3.8, 4) is 5.75 Å². The SMILES string of the molecule is Cc1cc(COc2ccc(C(=O)NCC(N)C3CC3)cc2Br)no1. The number of amides is 1. The number of nitrogens with one attached hydrogen (secondary N) is 1. The summed E-state index contributed by atoms with van der Waals surface area (Å²) in [7, 11) is 0. The number of nitrogens with two attached hydrogens (primary N) is 1. The zero-order valence-electron chi connectivity index (χ0n) is 13.4. The molecule has 1 heterocycles. The lowest BCUT2D eigenvalue weighted by atomic mass is 10.1. The van der Waals surface area contributed by atoms with Gasteiger partial charge in [-0.15, -0.1) is 0 Å². The van der Waals surface area contributed by atoms with Crippen LogP contribution in [0.1, 0.15) is 34.7 Å². The normalized spacial score (nSPS) is 15.1. The van der Waals surface area contributed by atoms with Crippen LogP contribution in [0.4, 0.5) is 0 Å². The van der Waals surface area contributed by atoms with Gasteiger partial charge in [0.25, 0.3) is 5.91 Å². The molecule has 128 valence electrons. The van der Waals surface area contributed by atoms with Crippen LogP contribution in [0.3, 0.4) is 0 Å². The van der Waals surface area contributed by atoms with Crippen molar-refractivity contribution in [3.63, 3.8) is 0 Å². The Labute approximate surface area is 148 Å². The first-order valence-corrected chi connectivity index (χ1v) is 8.70. The molecule has 1 aromatic heterocycles. The molecule has 3 N–H and O–H groups in total. The highest BCUT2D eigenvalue weighted by atomic mass is 79.9. The molecule has 1 amide bonds. The first kappa shape index (κ1) is 17.0. The van der Waals surface area contributed by atoms with Crippen LogP contribution < -0.4 is 15.8 Å². The van der Waals surface area contributed by atoms with Gasteiger partial charge in [0.15, 0.2) is 0 Å². The summed E-state index contributed by atoms with van der Waals surface area (Å²) < 4.78 is 11.4. The first-order chi connectivity index (χ1) is 11.5. The van der Waals surface area contributed by atoms with Crippen molar-refractivity contribution in [1.82, 2.24) is 10.5 Å². The van der Waals surface area contributed by atoms with Gasteiger partial charge in [0, 0.05) is 24.2 Å². The summed E-state index contributed by atoms with van der Waals surface area (Å²) in [5.41, 5.74) is 7.28. The Balaban J connectivity index is 1.55. The summed E-state index contributed by atoms with van der Waals surface area (Å²) in [5, 5.41) is 6.75. The van der Waals surface area contributed by atoms with Crippen LogP contribution in [0.2, 0.25) is 0 Å². The number of carbonyl (C=O) groups excluding carboxylic acids is 1. The van der Waals surface area contributed by atoms with Gasteiger partial charge in [0.1, 0.15) is 23.8 Å². The topological polar surface area (TPSA) is 90.4 Å². The van der Waals surface area contributed by atoms with Crippen LogP contribution in [0, 0.1) is 12.8 Å². The fourth-order valence-corrected chi connectivity index (χ4v) is 2.89. The molecule has 0 bridgehead atoms. The van der Waals surface area contributed by atoms with E-state index in [4.69, 9.17) is 15.0 Å². The highest BCUT2D eigenvalue weighted by Crippen LogP contribution is 2.31. The standard InChI is InChI=1S/C17H20BrN3O3/c1-10-6-13(21-24-10)9-23-16-5-4-12(7-14(16)18)17(22)20-8-15(19)11-2-3-11/h4-7,11,15H,2-3,8-9,19H2,1H3,(H,20,22). The van der Waals surface area contributed by atoms with E-state index in [1.54, 1.807) is 18.2 Å². The van der Waals surface area contributed by atoms with E-state index in [1.165, 1.54) is 12.8 Å².